The summed E-state index contributed by atoms with van der Waals surface area (Å²) >= 11 is 0. The van der Waals surface area contributed by atoms with E-state index in [-0.39, 0.29) is 23.2 Å². The molecule has 0 atom stereocenters. The standard InChI is InChI=1S/C30H32F2N6O3/c1-6-24(41)36-12-14-37(15-13-36)29(33-5)20-16-22(32)27(25-21(31)8-7-9-23(25)40)35-30(20)38(17-39)28-19(4)10-11-34-26(28)18(2)3/h6-11,16-18,40H,1,12-15H2,2-5H3/b33-29+. The van der Waals surface area contributed by atoms with Gasteiger partial charge in [-0.25, -0.2) is 13.8 Å². The first-order valence-corrected chi connectivity index (χ1v) is 13.1. The number of amides is 2. The van der Waals surface area contributed by atoms with Crippen LogP contribution in [0.25, 0.3) is 11.3 Å². The van der Waals surface area contributed by atoms with Gasteiger partial charge < -0.3 is 14.9 Å². The van der Waals surface area contributed by atoms with E-state index >= 15 is 4.39 Å². The predicted molar refractivity (Wildman–Crippen MR) is 153 cm³/mol. The second-order valence-corrected chi connectivity index (χ2v) is 9.88. The third-order valence-electron chi connectivity index (χ3n) is 6.98. The van der Waals surface area contributed by atoms with E-state index in [1.54, 1.807) is 17.2 Å². The normalized spacial score (nSPS) is 13.9. The molecule has 0 spiro atoms. The number of rotatable bonds is 7. The van der Waals surface area contributed by atoms with Crippen LogP contribution in [0.3, 0.4) is 0 Å². The van der Waals surface area contributed by atoms with E-state index in [2.05, 4.69) is 21.5 Å². The highest BCUT2D eigenvalue weighted by Gasteiger charge is 2.30. The zero-order valence-electron chi connectivity index (χ0n) is 23.4. The molecule has 1 fully saturated rings. The van der Waals surface area contributed by atoms with Crippen LogP contribution in [0, 0.1) is 18.6 Å². The number of pyridine rings is 2. The average molecular weight is 563 g/mol. The Morgan fingerprint density at radius 2 is 1.83 bits per heavy atom. The summed E-state index contributed by atoms with van der Waals surface area (Å²) in [5.41, 5.74) is 1.07. The van der Waals surface area contributed by atoms with Crippen molar-refractivity contribution < 1.29 is 23.5 Å². The molecule has 1 aliphatic rings. The van der Waals surface area contributed by atoms with Crippen molar-refractivity contribution in [1.29, 1.82) is 0 Å². The van der Waals surface area contributed by atoms with Crippen LogP contribution in [-0.4, -0.2) is 76.3 Å². The van der Waals surface area contributed by atoms with E-state index in [1.165, 1.54) is 30.2 Å². The number of aromatic hydroxyl groups is 1. The molecule has 0 unspecified atom stereocenters. The smallest absolute Gasteiger partial charge is 0.246 e. The second kappa shape index (κ2) is 12.2. The van der Waals surface area contributed by atoms with Gasteiger partial charge in [0, 0.05) is 39.4 Å². The van der Waals surface area contributed by atoms with Crippen LogP contribution in [0.2, 0.25) is 0 Å². The first-order chi connectivity index (χ1) is 19.6. The number of hydrogen-bond donors (Lipinski definition) is 1. The molecule has 3 heterocycles. The number of carbonyl (C=O) groups excluding carboxylic acids is 2. The monoisotopic (exact) mass is 562 g/mol. The molecule has 2 amide bonds. The van der Waals surface area contributed by atoms with Crippen LogP contribution >= 0.6 is 0 Å². The Morgan fingerprint density at radius 1 is 1.15 bits per heavy atom. The summed E-state index contributed by atoms with van der Waals surface area (Å²) in [7, 11) is 1.54. The van der Waals surface area contributed by atoms with Gasteiger partial charge >= 0.3 is 0 Å². The first kappa shape index (κ1) is 29.3. The number of phenols is 1. The maximum atomic E-state index is 15.8. The van der Waals surface area contributed by atoms with E-state index in [0.29, 0.717) is 49.8 Å². The van der Waals surface area contributed by atoms with Gasteiger partial charge in [-0.3, -0.25) is 24.5 Å². The maximum absolute atomic E-state index is 15.8. The fourth-order valence-electron chi connectivity index (χ4n) is 4.97. The van der Waals surface area contributed by atoms with Crippen molar-refractivity contribution in [3.63, 3.8) is 0 Å². The zero-order valence-corrected chi connectivity index (χ0v) is 23.4. The van der Waals surface area contributed by atoms with Crippen molar-refractivity contribution in [2.24, 2.45) is 4.99 Å². The number of aryl methyl sites for hydroxylation is 1. The number of phenolic OH excluding ortho intramolecular Hbond substituents is 1. The quantitative estimate of drug-likeness (QED) is 0.196. The summed E-state index contributed by atoms with van der Waals surface area (Å²) < 4.78 is 30.7. The lowest BCUT2D eigenvalue weighted by Gasteiger charge is -2.37. The molecule has 0 aliphatic carbocycles. The van der Waals surface area contributed by atoms with Crippen molar-refractivity contribution in [2.75, 3.05) is 38.1 Å². The van der Waals surface area contributed by atoms with Crippen molar-refractivity contribution in [2.45, 2.75) is 26.7 Å². The van der Waals surface area contributed by atoms with E-state index in [9.17, 15) is 19.1 Å². The minimum Gasteiger partial charge on any atom is -0.507 e. The molecule has 1 saturated heterocycles. The summed E-state index contributed by atoms with van der Waals surface area (Å²) in [5.74, 6) is -2.24. The number of benzene rings is 1. The van der Waals surface area contributed by atoms with Crippen molar-refractivity contribution >= 4 is 29.7 Å². The molecule has 0 saturated carbocycles. The maximum Gasteiger partial charge on any atom is 0.246 e. The zero-order chi connectivity index (χ0) is 29.8. The lowest BCUT2D eigenvalue weighted by molar-refractivity contribution is -0.127. The molecule has 2 aromatic heterocycles. The number of nitrogens with zero attached hydrogens (tertiary/aromatic N) is 6. The summed E-state index contributed by atoms with van der Waals surface area (Å²) in [6, 6.07) is 6.51. The van der Waals surface area contributed by atoms with Gasteiger partial charge in [0.1, 0.15) is 23.1 Å². The van der Waals surface area contributed by atoms with Gasteiger partial charge in [0.05, 0.1) is 22.5 Å². The molecule has 1 N–H and O–H groups in total. The Kier molecular flexibility index (Phi) is 8.75. The topological polar surface area (TPSA) is 102 Å². The lowest BCUT2D eigenvalue weighted by Crippen LogP contribution is -2.50. The molecular formula is C30H32F2N6O3. The Morgan fingerprint density at radius 3 is 2.41 bits per heavy atom. The third-order valence-corrected chi connectivity index (χ3v) is 6.98. The largest absolute Gasteiger partial charge is 0.507 e. The number of hydrogen-bond acceptors (Lipinski definition) is 6. The number of halogens is 2. The number of aliphatic imine (C=N–C) groups is 1. The minimum absolute atomic E-state index is 0.0118. The van der Waals surface area contributed by atoms with Crippen molar-refractivity contribution in [3.05, 3.63) is 77.6 Å². The van der Waals surface area contributed by atoms with Crippen LogP contribution < -0.4 is 4.90 Å². The molecule has 41 heavy (non-hydrogen) atoms. The fourth-order valence-corrected chi connectivity index (χ4v) is 4.97. The SMILES string of the molecule is C=CC(=O)N1CCN(/C(=N/C)c2cc(F)c(-c3c(O)cccc3F)nc2N(C=O)c2c(C)ccnc2C(C)C)CC1. The molecular weight excluding hydrogens is 530 g/mol. The van der Waals surface area contributed by atoms with Crippen LogP contribution in [0.1, 0.15) is 36.6 Å². The van der Waals surface area contributed by atoms with Gasteiger partial charge in [0.2, 0.25) is 12.3 Å². The predicted octanol–water partition coefficient (Wildman–Crippen LogP) is 4.56. The van der Waals surface area contributed by atoms with E-state index < -0.39 is 28.6 Å². The minimum atomic E-state index is -0.913. The highest BCUT2D eigenvalue weighted by molar-refractivity contribution is 6.06. The molecule has 9 nitrogen and oxygen atoms in total. The lowest BCUT2D eigenvalue weighted by atomic mass is 10.0. The molecule has 1 aromatic carbocycles. The van der Waals surface area contributed by atoms with Crippen molar-refractivity contribution in [1.82, 2.24) is 19.8 Å². The van der Waals surface area contributed by atoms with E-state index in [1.807, 2.05) is 25.7 Å². The first-order valence-electron chi connectivity index (χ1n) is 13.1. The Labute approximate surface area is 237 Å². The Hall–Kier alpha value is -4.67. The summed E-state index contributed by atoms with van der Waals surface area (Å²) in [6.07, 6.45) is 3.45. The van der Waals surface area contributed by atoms with Gasteiger partial charge in [0.25, 0.3) is 0 Å². The number of carbonyl (C=O) groups is 2. The molecule has 0 radical (unpaired) electrons. The van der Waals surface area contributed by atoms with Gasteiger partial charge in [-0.1, -0.05) is 26.5 Å². The van der Waals surface area contributed by atoms with Gasteiger partial charge in [-0.2, -0.15) is 0 Å². The number of amidine groups is 1. The van der Waals surface area contributed by atoms with E-state index in [0.717, 1.165) is 17.7 Å². The highest BCUT2D eigenvalue weighted by Crippen LogP contribution is 2.39. The summed E-state index contributed by atoms with van der Waals surface area (Å²) in [4.78, 5) is 43.1. The number of aromatic nitrogens is 2. The molecule has 214 valence electrons. The van der Waals surface area contributed by atoms with Gasteiger partial charge in [-0.15, -0.1) is 0 Å². The molecule has 11 heteroatoms. The van der Waals surface area contributed by atoms with Crippen LogP contribution in [0.5, 0.6) is 5.75 Å². The van der Waals surface area contributed by atoms with Crippen LogP contribution in [0.15, 0.2) is 54.2 Å². The van der Waals surface area contributed by atoms with Gasteiger partial charge in [0.15, 0.2) is 11.6 Å². The fraction of sp³-hybridized carbons (Fsp3) is 0.300. The van der Waals surface area contributed by atoms with E-state index in [4.69, 9.17) is 0 Å². The molecule has 1 aliphatic heterocycles. The Balaban J connectivity index is 1.95. The Bertz CT molecular complexity index is 1500. The van der Waals surface area contributed by atoms with Crippen LogP contribution in [0.4, 0.5) is 20.3 Å². The number of anilines is 2. The molecule has 0 bridgehead atoms. The number of piperazine rings is 1. The molecule has 3 aromatic rings. The summed E-state index contributed by atoms with van der Waals surface area (Å²) in [6.45, 7) is 10.7. The third kappa shape index (κ3) is 5.65. The highest BCUT2D eigenvalue weighted by atomic mass is 19.1. The van der Waals surface area contributed by atoms with Crippen molar-refractivity contribution in [3.8, 4) is 17.0 Å². The van der Waals surface area contributed by atoms with Crippen LogP contribution in [-0.2, 0) is 9.59 Å². The second-order valence-electron chi connectivity index (χ2n) is 9.88. The van der Waals surface area contributed by atoms with Gasteiger partial charge in [-0.05, 0) is 48.7 Å². The molecule has 4 rings (SSSR count). The average Bonchev–Trinajstić information content (AvgIpc) is 2.96. The summed E-state index contributed by atoms with van der Waals surface area (Å²) in [5, 5.41) is 10.4.